The summed E-state index contributed by atoms with van der Waals surface area (Å²) in [6.07, 6.45) is 1.52. The number of aromatic nitrogens is 1. The Hall–Kier alpha value is -1.85. The molecule has 2 rings (SSSR count). The maximum Gasteiger partial charge on any atom is 0.145 e. The molecule has 0 aliphatic carbocycles. The Morgan fingerprint density at radius 3 is 2.71 bits per heavy atom. The molecule has 0 spiro atoms. The van der Waals surface area contributed by atoms with Gasteiger partial charge in [0.1, 0.15) is 23.1 Å². The molecule has 0 fully saturated rings. The van der Waals surface area contributed by atoms with E-state index in [0.29, 0.717) is 17.3 Å². The van der Waals surface area contributed by atoms with Gasteiger partial charge in [0.2, 0.25) is 0 Å². The fraction of sp³-hybridized carbons (Fsp3) is 0. The van der Waals surface area contributed by atoms with E-state index in [1.165, 1.54) is 18.3 Å². The Morgan fingerprint density at radius 2 is 2.00 bits per heavy atom. The number of rotatable bonds is 3. The van der Waals surface area contributed by atoms with Crippen LogP contribution in [0.2, 0.25) is 5.02 Å². The monoisotopic (exact) mass is 253 g/mol. The highest BCUT2D eigenvalue weighted by Crippen LogP contribution is 2.26. The Kier molecular flexibility index (Phi) is 3.41. The number of hydrogen-bond donors (Lipinski definition) is 2. The van der Waals surface area contributed by atoms with E-state index in [9.17, 15) is 4.39 Å². The second-order valence-corrected chi connectivity index (χ2v) is 3.61. The van der Waals surface area contributed by atoms with Crippen LogP contribution in [0.4, 0.5) is 10.2 Å². The average molecular weight is 254 g/mol. The van der Waals surface area contributed by atoms with Crippen LogP contribution >= 0.6 is 11.6 Å². The zero-order valence-electron chi connectivity index (χ0n) is 8.65. The van der Waals surface area contributed by atoms with Gasteiger partial charge in [-0.25, -0.2) is 15.2 Å². The third-order valence-corrected chi connectivity index (χ3v) is 2.31. The summed E-state index contributed by atoms with van der Waals surface area (Å²) < 4.78 is 18.6. The highest BCUT2D eigenvalue weighted by molar-refractivity contribution is 6.30. The second-order valence-electron chi connectivity index (χ2n) is 3.20. The summed E-state index contributed by atoms with van der Waals surface area (Å²) in [7, 11) is 0. The molecule has 1 heterocycles. The molecule has 0 aliphatic rings. The van der Waals surface area contributed by atoms with Gasteiger partial charge in [0.15, 0.2) is 0 Å². The van der Waals surface area contributed by atoms with Gasteiger partial charge in [0.05, 0.1) is 5.02 Å². The van der Waals surface area contributed by atoms with E-state index in [1.54, 1.807) is 18.2 Å². The first-order valence-corrected chi connectivity index (χ1v) is 5.12. The molecule has 4 nitrogen and oxygen atoms in total. The minimum atomic E-state index is -0.532. The standard InChI is InChI=1S/C11H9ClFN3O/c12-9-2-1-7(5-10(9)13)17-8-3-4-15-11(6-8)16-14/h1-6H,14H2,(H,15,16). The van der Waals surface area contributed by atoms with Gasteiger partial charge >= 0.3 is 0 Å². The number of benzene rings is 1. The fourth-order valence-electron chi connectivity index (χ4n) is 1.23. The van der Waals surface area contributed by atoms with Crippen molar-refractivity contribution in [1.29, 1.82) is 0 Å². The van der Waals surface area contributed by atoms with Crippen LogP contribution in [0.25, 0.3) is 0 Å². The summed E-state index contributed by atoms with van der Waals surface area (Å²) in [5.41, 5.74) is 2.39. The van der Waals surface area contributed by atoms with Gasteiger partial charge in [-0.2, -0.15) is 0 Å². The summed E-state index contributed by atoms with van der Waals surface area (Å²) >= 11 is 5.56. The lowest BCUT2D eigenvalue weighted by atomic mass is 10.3. The number of hydrogen-bond acceptors (Lipinski definition) is 4. The van der Waals surface area contributed by atoms with Crippen LogP contribution in [0.5, 0.6) is 11.5 Å². The summed E-state index contributed by atoms with van der Waals surface area (Å²) in [5, 5.41) is 0.0522. The molecule has 3 N–H and O–H groups in total. The van der Waals surface area contributed by atoms with Crippen LogP contribution in [-0.4, -0.2) is 4.98 Å². The Labute approximate surface area is 102 Å². The van der Waals surface area contributed by atoms with Gasteiger partial charge in [-0.1, -0.05) is 11.6 Å². The molecule has 0 radical (unpaired) electrons. The number of nitrogens with one attached hydrogen (secondary N) is 1. The summed E-state index contributed by atoms with van der Waals surface area (Å²) in [6.45, 7) is 0. The Morgan fingerprint density at radius 1 is 1.24 bits per heavy atom. The molecule has 0 amide bonds. The molecule has 17 heavy (non-hydrogen) atoms. The van der Waals surface area contributed by atoms with E-state index in [0.717, 1.165) is 0 Å². The van der Waals surface area contributed by atoms with Crippen molar-refractivity contribution in [2.75, 3.05) is 5.43 Å². The van der Waals surface area contributed by atoms with E-state index >= 15 is 0 Å². The van der Waals surface area contributed by atoms with Gasteiger partial charge in [0.25, 0.3) is 0 Å². The van der Waals surface area contributed by atoms with Gasteiger partial charge in [-0.05, 0) is 18.2 Å². The number of nitrogens with zero attached hydrogens (tertiary/aromatic N) is 1. The van der Waals surface area contributed by atoms with E-state index in [2.05, 4.69) is 10.4 Å². The van der Waals surface area contributed by atoms with Crippen molar-refractivity contribution in [1.82, 2.24) is 4.98 Å². The van der Waals surface area contributed by atoms with Crippen molar-refractivity contribution in [2.24, 2.45) is 5.84 Å². The first kappa shape index (κ1) is 11.6. The van der Waals surface area contributed by atoms with Gasteiger partial charge in [0, 0.05) is 18.3 Å². The zero-order valence-corrected chi connectivity index (χ0v) is 9.41. The molecular formula is C11H9ClFN3O. The van der Waals surface area contributed by atoms with Crippen molar-refractivity contribution in [3.8, 4) is 11.5 Å². The number of nitrogens with two attached hydrogens (primary N) is 1. The summed E-state index contributed by atoms with van der Waals surface area (Å²) in [4.78, 5) is 3.92. The van der Waals surface area contributed by atoms with E-state index in [-0.39, 0.29) is 5.02 Å². The summed E-state index contributed by atoms with van der Waals surface area (Å²) in [6, 6.07) is 7.43. The number of hydrazine groups is 1. The quantitative estimate of drug-likeness (QED) is 0.652. The smallest absolute Gasteiger partial charge is 0.145 e. The van der Waals surface area contributed by atoms with Crippen LogP contribution in [-0.2, 0) is 0 Å². The maximum atomic E-state index is 13.2. The first-order valence-electron chi connectivity index (χ1n) is 4.74. The topological polar surface area (TPSA) is 60.2 Å². The molecule has 88 valence electrons. The number of ether oxygens (including phenoxy) is 1. The van der Waals surface area contributed by atoms with Crippen LogP contribution in [0.15, 0.2) is 36.5 Å². The molecule has 0 aliphatic heterocycles. The van der Waals surface area contributed by atoms with Crippen molar-refractivity contribution >= 4 is 17.4 Å². The molecular weight excluding hydrogens is 245 g/mol. The Bertz CT molecular complexity index is 536. The lowest BCUT2D eigenvalue weighted by Crippen LogP contribution is -2.08. The lowest BCUT2D eigenvalue weighted by Gasteiger charge is -2.07. The number of pyridine rings is 1. The molecule has 6 heteroatoms. The van der Waals surface area contributed by atoms with E-state index in [4.69, 9.17) is 22.2 Å². The van der Waals surface area contributed by atoms with Crippen LogP contribution in [0.3, 0.4) is 0 Å². The van der Waals surface area contributed by atoms with Crippen molar-refractivity contribution in [2.45, 2.75) is 0 Å². The molecule has 0 saturated carbocycles. The predicted octanol–water partition coefficient (Wildman–Crippen LogP) is 2.95. The predicted molar refractivity (Wildman–Crippen MR) is 63.5 cm³/mol. The van der Waals surface area contributed by atoms with Crippen molar-refractivity contribution in [3.63, 3.8) is 0 Å². The minimum Gasteiger partial charge on any atom is -0.457 e. The third-order valence-electron chi connectivity index (χ3n) is 2.01. The first-order chi connectivity index (χ1) is 8.19. The number of nitrogen functional groups attached to an aromatic ring is 1. The largest absolute Gasteiger partial charge is 0.457 e. The Balaban J connectivity index is 2.22. The van der Waals surface area contributed by atoms with Crippen LogP contribution in [0.1, 0.15) is 0 Å². The van der Waals surface area contributed by atoms with Gasteiger partial charge < -0.3 is 10.2 Å². The average Bonchev–Trinajstić information content (AvgIpc) is 2.34. The summed E-state index contributed by atoms with van der Waals surface area (Å²) in [5.74, 6) is 5.98. The lowest BCUT2D eigenvalue weighted by molar-refractivity contribution is 0.476. The van der Waals surface area contributed by atoms with Gasteiger partial charge in [-0.15, -0.1) is 0 Å². The second kappa shape index (κ2) is 4.99. The van der Waals surface area contributed by atoms with Crippen LogP contribution < -0.4 is 16.0 Å². The molecule has 1 aromatic carbocycles. The molecule has 0 atom stereocenters. The van der Waals surface area contributed by atoms with Crippen molar-refractivity contribution in [3.05, 3.63) is 47.4 Å². The fourth-order valence-corrected chi connectivity index (χ4v) is 1.35. The zero-order chi connectivity index (χ0) is 12.3. The molecule has 0 saturated heterocycles. The highest BCUT2D eigenvalue weighted by atomic mass is 35.5. The maximum absolute atomic E-state index is 13.2. The normalized spacial score (nSPS) is 10.1. The number of halogens is 2. The highest BCUT2D eigenvalue weighted by Gasteiger charge is 2.03. The van der Waals surface area contributed by atoms with E-state index in [1.807, 2.05) is 0 Å². The molecule has 0 unspecified atom stereocenters. The van der Waals surface area contributed by atoms with E-state index < -0.39 is 5.82 Å². The van der Waals surface area contributed by atoms with Crippen molar-refractivity contribution < 1.29 is 9.13 Å². The molecule has 1 aromatic heterocycles. The SMILES string of the molecule is NNc1cc(Oc2ccc(Cl)c(F)c2)ccn1. The third kappa shape index (κ3) is 2.83. The molecule has 0 bridgehead atoms. The number of anilines is 1. The molecule has 2 aromatic rings. The van der Waals surface area contributed by atoms with Crippen LogP contribution in [0, 0.1) is 5.82 Å². The van der Waals surface area contributed by atoms with Gasteiger partial charge in [-0.3, -0.25) is 0 Å². The minimum absolute atomic E-state index is 0.0522.